The first-order valence-electron chi connectivity index (χ1n) is 5.19. The number of para-hydroxylation sites is 1. The molecule has 16 heavy (non-hydrogen) atoms. The first kappa shape index (κ1) is 11.4. The number of rotatable bonds is 2. The highest BCUT2D eigenvalue weighted by Crippen LogP contribution is 2.30. The van der Waals surface area contributed by atoms with Gasteiger partial charge >= 0.3 is 0 Å². The van der Waals surface area contributed by atoms with E-state index in [0.717, 1.165) is 17.7 Å². The first-order chi connectivity index (χ1) is 7.52. The summed E-state index contributed by atoms with van der Waals surface area (Å²) in [6.45, 7) is 0.382. The Bertz CT molecular complexity index is 484. The predicted octanol–water partition coefficient (Wildman–Crippen LogP) is 0.617. The second kappa shape index (κ2) is 4.07. The van der Waals surface area contributed by atoms with Crippen LogP contribution in [0, 0.1) is 5.92 Å². The average molecular weight is 241 g/mol. The van der Waals surface area contributed by atoms with E-state index >= 15 is 0 Å². The van der Waals surface area contributed by atoms with Crippen molar-refractivity contribution in [1.29, 1.82) is 0 Å². The van der Waals surface area contributed by atoms with Crippen molar-refractivity contribution in [3.05, 3.63) is 29.8 Å². The summed E-state index contributed by atoms with van der Waals surface area (Å²) in [4.78, 5) is 0. The summed E-state index contributed by atoms with van der Waals surface area (Å²) in [6, 6.07) is 7.44. The number of anilines is 1. The molecular formula is C11H15NO3S. The minimum atomic E-state index is -3.26. The fraction of sp³-hybridized carbons (Fsp3) is 0.455. The number of hydrogen-bond acceptors (Lipinski definition) is 3. The Kier molecular flexibility index (Phi) is 2.90. The van der Waals surface area contributed by atoms with E-state index in [1.54, 1.807) is 0 Å². The van der Waals surface area contributed by atoms with Crippen molar-refractivity contribution in [3.63, 3.8) is 0 Å². The molecule has 0 radical (unpaired) electrons. The summed E-state index contributed by atoms with van der Waals surface area (Å²) in [5, 5.41) is 9.18. The number of aliphatic hydroxyl groups is 1. The monoisotopic (exact) mass is 241 g/mol. The maximum Gasteiger partial charge on any atom is 0.232 e. The lowest BCUT2D eigenvalue weighted by Gasteiger charge is -2.33. The molecule has 5 heteroatoms. The smallest absolute Gasteiger partial charge is 0.232 e. The molecule has 0 saturated carbocycles. The SMILES string of the molecule is CS(=O)(=O)N1C[C@H](CO)Cc2ccccc21. The zero-order valence-corrected chi connectivity index (χ0v) is 9.94. The highest BCUT2D eigenvalue weighted by atomic mass is 32.2. The molecule has 1 N–H and O–H groups in total. The molecule has 1 aromatic rings. The number of aliphatic hydroxyl groups excluding tert-OH is 1. The third kappa shape index (κ3) is 2.05. The van der Waals surface area contributed by atoms with Gasteiger partial charge in [0.2, 0.25) is 10.0 Å². The molecule has 4 nitrogen and oxygen atoms in total. The van der Waals surface area contributed by atoms with Gasteiger partial charge < -0.3 is 5.11 Å². The van der Waals surface area contributed by atoms with Crippen LogP contribution in [0.5, 0.6) is 0 Å². The fourth-order valence-electron chi connectivity index (χ4n) is 2.07. The van der Waals surface area contributed by atoms with Crippen LogP contribution in [0.3, 0.4) is 0 Å². The molecule has 88 valence electrons. The average Bonchev–Trinajstić information content (AvgIpc) is 2.26. The lowest BCUT2D eigenvalue weighted by Crippen LogP contribution is -2.40. The molecule has 0 fully saturated rings. The quantitative estimate of drug-likeness (QED) is 0.825. The summed E-state index contributed by atoms with van der Waals surface area (Å²) < 4.78 is 24.7. The van der Waals surface area contributed by atoms with Crippen LogP contribution in [0.1, 0.15) is 5.56 Å². The van der Waals surface area contributed by atoms with Gasteiger partial charge in [0.15, 0.2) is 0 Å². The summed E-state index contributed by atoms with van der Waals surface area (Å²) in [5.41, 5.74) is 1.73. The summed E-state index contributed by atoms with van der Waals surface area (Å²) in [6.07, 6.45) is 1.93. The molecule has 0 aliphatic carbocycles. The van der Waals surface area contributed by atoms with Gasteiger partial charge in [0.1, 0.15) is 0 Å². The van der Waals surface area contributed by atoms with E-state index in [1.165, 1.54) is 10.6 Å². The first-order valence-corrected chi connectivity index (χ1v) is 7.03. The molecule has 0 unspecified atom stereocenters. The fourth-order valence-corrected chi connectivity index (χ4v) is 3.09. The van der Waals surface area contributed by atoms with Crippen molar-refractivity contribution in [3.8, 4) is 0 Å². The van der Waals surface area contributed by atoms with E-state index in [2.05, 4.69) is 0 Å². The molecule has 1 heterocycles. The Morgan fingerprint density at radius 2 is 2.12 bits per heavy atom. The lowest BCUT2D eigenvalue weighted by atomic mass is 9.95. The van der Waals surface area contributed by atoms with Gasteiger partial charge in [-0.3, -0.25) is 4.31 Å². The molecule has 0 saturated heterocycles. The Morgan fingerprint density at radius 3 is 2.75 bits per heavy atom. The molecule has 1 aliphatic heterocycles. The topological polar surface area (TPSA) is 57.6 Å². The highest BCUT2D eigenvalue weighted by Gasteiger charge is 2.28. The van der Waals surface area contributed by atoms with Crippen molar-refractivity contribution < 1.29 is 13.5 Å². The van der Waals surface area contributed by atoms with E-state index in [0.29, 0.717) is 6.54 Å². The predicted molar refractivity (Wildman–Crippen MR) is 62.9 cm³/mol. The molecule has 2 rings (SSSR count). The van der Waals surface area contributed by atoms with Crippen molar-refractivity contribution in [1.82, 2.24) is 0 Å². The van der Waals surface area contributed by atoms with Crippen molar-refractivity contribution in [2.75, 3.05) is 23.7 Å². The van der Waals surface area contributed by atoms with Gasteiger partial charge in [0.05, 0.1) is 11.9 Å². The number of sulfonamides is 1. The largest absolute Gasteiger partial charge is 0.396 e. The lowest BCUT2D eigenvalue weighted by molar-refractivity contribution is 0.227. The highest BCUT2D eigenvalue weighted by molar-refractivity contribution is 7.92. The zero-order valence-electron chi connectivity index (χ0n) is 9.13. The minimum Gasteiger partial charge on any atom is -0.396 e. The Balaban J connectivity index is 2.47. The second-order valence-corrected chi connectivity index (χ2v) is 6.08. The van der Waals surface area contributed by atoms with Gasteiger partial charge in [-0.15, -0.1) is 0 Å². The van der Waals surface area contributed by atoms with Crippen LogP contribution in [-0.4, -0.2) is 32.9 Å². The van der Waals surface area contributed by atoms with Gasteiger partial charge in [-0.1, -0.05) is 18.2 Å². The van der Waals surface area contributed by atoms with Gasteiger partial charge in [-0.25, -0.2) is 8.42 Å². The molecule has 0 amide bonds. The number of fused-ring (bicyclic) bond motifs is 1. The maximum atomic E-state index is 11.7. The minimum absolute atomic E-state index is 0.00961. The molecule has 1 aromatic carbocycles. The number of nitrogens with zero attached hydrogens (tertiary/aromatic N) is 1. The van der Waals surface area contributed by atoms with Gasteiger partial charge in [-0.2, -0.15) is 0 Å². The Hall–Kier alpha value is -1.07. The van der Waals surface area contributed by atoms with Crippen LogP contribution >= 0.6 is 0 Å². The Labute approximate surface area is 95.6 Å². The Morgan fingerprint density at radius 1 is 1.44 bits per heavy atom. The molecule has 1 atom stereocenters. The van der Waals surface area contributed by atoms with Crippen LogP contribution in [0.4, 0.5) is 5.69 Å². The number of hydrogen-bond donors (Lipinski definition) is 1. The number of benzene rings is 1. The second-order valence-electron chi connectivity index (χ2n) is 4.18. The normalized spacial score (nSPS) is 20.6. The molecule has 1 aliphatic rings. The van der Waals surface area contributed by atoms with Crippen LogP contribution < -0.4 is 4.31 Å². The van der Waals surface area contributed by atoms with Gasteiger partial charge in [0.25, 0.3) is 0 Å². The summed E-state index contributed by atoms with van der Waals surface area (Å²) in [7, 11) is -3.26. The standard InChI is InChI=1S/C11H15NO3S/c1-16(14,15)12-7-9(8-13)6-10-4-2-3-5-11(10)12/h2-5,9,13H,6-8H2,1H3/t9-/m1/s1. The molecule has 0 bridgehead atoms. The van der Waals surface area contributed by atoms with Crippen LogP contribution in [0.15, 0.2) is 24.3 Å². The summed E-state index contributed by atoms with van der Waals surface area (Å²) >= 11 is 0. The van der Waals surface area contributed by atoms with Gasteiger partial charge in [-0.05, 0) is 18.1 Å². The molecule has 0 aromatic heterocycles. The van der Waals surface area contributed by atoms with Crippen molar-refractivity contribution in [2.45, 2.75) is 6.42 Å². The maximum absolute atomic E-state index is 11.7. The third-order valence-electron chi connectivity index (χ3n) is 2.85. The van der Waals surface area contributed by atoms with Gasteiger partial charge in [0, 0.05) is 19.1 Å². The van der Waals surface area contributed by atoms with Crippen molar-refractivity contribution in [2.24, 2.45) is 5.92 Å². The summed E-state index contributed by atoms with van der Waals surface area (Å²) in [5.74, 6) is -0.00961. The van der Waals surface area contributed by atoms with Crippen LogP contribution in [0.2, 0.25) is 0 Å². The molecule has 0 spiro atoms. The van der Waals surface area contributed by atoms with E-state index < -0.39 is 10.0 Å². The third-order valence-corrected chi connectivity index (χ3v) is 4.00. The van der Waals surface area contributed by atoms with Crippen LogP contribution in [-0.2, 0) is 16.4 Å². The van der Waals surface area contributed by atoms with E-state index in [-0.39, 0.29) is 12.5 Å². The van der Waals surface area contributed by atoms with Crippen LogP contribution in [0.25, 0.3) is 0 Å². The van der Waals surface area contributed by atoms with Crippen molar-refractivity contribution >= 4 is 15.7 Å². The zero-order chi connectivity index (χ0) is 11.8. The molecular weight excluding hydrogens is 226 g/mol. The van der Waals surface area contributed by atoms with E-state index in [1.807, 2.05) is 24.3 Å². The van der Waals surface area contributed by atoms with E-state index in [4.69, 9.17) is 0 Å². The van der Waals surface area contributed by atoms with E-state index in [9.17, 15) is 13.5 Å².